The van der Waals surface area contributed by atoms with E-state index < -0.39 is 0 Å². The summed E-state index contributed by atoms with van der Waals surface area (Å²) in [4.78, 5) is 16.5. The van der Waals surface area contributed by atoms with Gasteiger partial charge in [-0.05, 0) is 42.8 Å². The summed E-state index contributed by atoms with van der Waals surface area (Å²) in [5.74, 6) is -0.0258. The molecule has 3 rings (SSSR count). The Labute approximate surface area is 116 Å². The van der Waals surface area contributed by atoms with Gasteiger partial charge in [0.25, 0.3) is 0 Å². The van der Waals surface area contributed by atoms with Crippen LogP contribution in [0.15, 0.2) is 53.3 Å². The zero-order valence-electron chi connectivity index (χ0n) is 10.9. The van der Waals surface area contributed by atoms with E-state index in [9.17, 15) is 4.79 Å². The van der Waals surface area contributed by atoms with E-state index in [0.29, 0.717) is 23.3 Å². The van der Waals surface area contributed by atoms with Crippen LogP contribution in [0.1, 0.15) is 21.5 Å². The molecule has 0 spiro atoms. The van der Waals surface area contributed by atoms with Gasteiger partial charge >= 0.3 is 0 Å². The molecule has 0 fully saturated rings. The number of hydrogen-bond donors (Lipinski definition) is 1. The Morgan fingerprint density at radius 3 is 2.85 bits per heavy atom. The lowest BCUT2D eigenvalue weighted by Gasteiger charge is -2.04. The third kappa shape index (κ3) is 2.33. The average molecular weight is 266 g/mol. The molecule has 1 heterocycles. The molecule has 0 aliphatic rings. The van der Waals surface area contributed by atoms with Gasteiger partial charge in [0.15, 0.2) is 17.8 Å². The molecule has 0 amide bonds. The second kappa shape index (κ2) is 5.27. The quantitative estimate of drug-likeness (QED) is 0.737. The summed E-state index contributed by atoms with van der Waals surface area (Å²) in [5, 5.41) is 0. The van der Waals surface area contributed by atoms with Gasteiger partial charge in [0.05, 0.1) is 0 Å². The largest absolute Gasteiger partial charge is 0.443 e. The van der Waals surface area contributed by atoms with Crippen molar-refractivity contribution in [1.29, 1.82) is 0 Å². The van der Waals surface area contributed by atoms with Gasteiger partial charge in [-0.2, -0.15) is 0 Å². The number of aromatic nitrogens is 1. The van der Waals surface area contributed by atoms with Crippen molar-refractivity contribution in [1.82, 2.24) is 4.98 Å². The predicted molar refractivity (Wildman–Crippen MR) is 76.6 cm³/mol. The molecule has 0 saturated heterocycles. The van der Waals surface area contributed by atoms with Gasteiger partial charge in [0.1, 0.15) is 5.52 Å². The Kier molecular flexibility index (Phi) is 3.31. The normalized spacial score (nSPS) is 10.8. The standard InChI is InChI=1S/C16H14N2O2/c17-7-6-11-2-1-3-12(8-11)16(19)13-4-5-14-15(9-13)20-10-18-14/h1-5,8-10H,6-7,17H2. The van der Waals surface area contributed by atoms with Crippen molar-refractivity contribution in [2.24, 2.45) is 5.73 Å². The SMILES string of the molecule is NCCc1cccc(C(=O)c2ccc3ncoc3c2)c1. The van der Waals surface area contributed by atoms with Gasteiger partial charge in [0, 0.05) is 11.1 Å². The number of nitrogens with zero attached hydrogens (tertiary/aromatic N) is 1. The van der Waals surface area contributed by atoms with Gasteiger partial charge in [0.2, 0.25) is 0 Å². The fraction of sp³-hybridized carbons (Fsp3) is 0.125. The second-order valence-electron chi connectivity index (χ2n) is 4.60. The first-order valence-electron chi connectivity index (χ1n) is 6.45. The maximum absolute atomic E-state index is 12.5. The van der Waals surface area contributed by atoms with Crippen LogP contribution in [-0.2, 0) is 6.42 Å². The fourth-order valence-corrected chi connectivity index (χ4v) is 2.20. The summed E-state index contributed by atoms with van der Waals surface area (Å²) in [6.45, 7) is 0.571. The number of benzene rings is 2. The first-order chi connectivity index (χ1) is 9.78. The van der Waals surface area contributed by atoms with Crippen LogP contribution in [0.4, 0.5) is 0 Å². The number of nitrogens with two attached hydrogens (primary N) is 1. The highest BCUT2D eigenvalue weighted by molar-refractivity contribution is 6.10. The molecule has 4 heteroatoms. The average Bonchev–Trinajstić information content (AvgIpc) is 2.94. The Morgan fingerprint density at radius 1 is 1.15 bits per heavy atom. The third-order valence-corrected chi connectivity index (χ3v) is 3.22. The molecule has 100 valence electrons. The molecule has 0 saturated carbocycles. The fourth-order valence-electron chi connectivity index (χ4n) is 2.20. The summed E-state index contributed by atoms with van der Waals surface area (Å²) >= 11 is 0. The van der Waals surface area contributed by atoms with E-state index >= 15 is 0 Å². The molecule has 1 aromatic heterocycles. The molecule has 0 aliphatic heterocycles. The van der Waals surface area contributed by atoms with E-state index in [-0.39, 0.29) is 5.78 Å². The molecule has 2 aromatic carbocycles. The molecular weight excluding hydrogens is 252 g/mol. The maximum Gasteiger partial charge on any atom is 0.193 e. The van der Waals surface area contributed by atoms with E-state index in [0.717, 1.165) is 17.5 Å². The second-order valence-corrected chi connectivity index (χ2v) is 4.60. The van der Waals surface area contributed by atoms with Crippen LogP contribution in [0, 0.1) is 0 Å². The lowest BCUT2D eigenvalue weighted by atomic mass is 10.00. The minimum Gasteiger partial charge on any atom is -0.443 e. The molecule has 4 nitrogen and oxygen atoms in total. The predicted octanol–water partition coefficient (Wildman–Crippen LogP) is 2.56. The van der Waals surface area contributed by atoms with Gasteiger partial charge in [-0.1, -0.05) is 18.2 Å². The molecule has 0 aliphatic carbocycles. The highest BCUT2D eigenvalue weighted by Gasteiger charge is 2.11. The van der Waals surface area contributed by atoms with Crippen molar-refractivity contribution in [3.05, 3.63) is 65.5 Å². The summed E-state index contributed by atoms with van der Waals surface area (Å²) in [5.41, 5.74) is 9.24. The van der Waals surface area contributed by atoms with Crippen LogP contribution >= 0.6 is 0 Å². The summed E-state index contributed by atoms with van der Waals surface area (Å²) < 4.78 is 5.23. The highest BCUT2D eigenvalue weighted by Crippen LogP contribution is 2.18. The van der Waals surface area contributed by atoms with E-state index in [1.165, 1.54) is 6.39 Å². The Hall–Kier alpha value is -2.46. The van der Waals surface area contributed by atoms with Gasteiger partial charge < -0.3 is 10.2 Å². The Balaban J connectivity index is 1.96. The maximum atomic E-state index is 12.5. The molecule has 2 N–H and O–H groups in total. The van der Waals surface area contributed by atoms with E-state index in [2.05, 4.69) is 4.98 Å². The van der Waals surface area contributed by atoms with Crippen molar-refractivity contribution in [2.45, 2.75) is 6.42 Å². The van der Waals surface area contributed by atoms with Gasteiger partial charge in [-0.15, -0.1) is 0 Å². The third-order valence-electron chi connectivity index (χ3n) is 3.22. The van der Waals surface area contributed by atoms with Gasteiger partial charge in [-0.3, -0.25) is 4.79 Å². The van der Waals surface area contributed by atoms with Crippen LogP contribution in [0.3, 0.4) is 0 Å². The minimum absolute atomic E-state index is 0.0258. The molecular formula is C16H14N2O2. The van der Waals surface area contributed by atoms with E-state index in [1.54, 1.807) is 18.2 Å². The Morgan fingerprint density at radius 2 is 2.00 bits per heavy atom. The van der Waals surface area contributed by atoms with Crippen LogP contribution in [-0.4, -0.2) is 17.3 Å². The van der Waals surface area contributed by atoms with Crippen molar-refractivity contribution in [3.8, 4) is 0 Å². The van der Waals surface area contributed by atoms with Gasteiger partial charge in [-0.25, -0.2) is 4.98 Å². The molecule has 3 aromatic rings. The first kappa shape index (κ1) is 12.6. The number of carbonyl (C=O) groups excluding carboxylic acids is 1. The van der Waals surface area contributed by atoms with Crippen molar-refractivity contribution in [3.63, 3.8) is 0 Å². The van der Waals surface area contributed by atoms with Crippen molar-refractivity contribution >= 4 is 16.9 Å². The summed E-state index contributed by atoms with van der Waals surface area (Å²) in [7, 11) is 0. The molecule has 0 bridgehead atoms. The zero-order valence-corrected chi connectivity index (χ0v) is 10.9. The van der Waals surface area contributed by atoms with Crippen LogP contribution in [0.2, 0.25) is 0 Å². The zero-order chi connectivity index (χ0) is 13.9. The number of carbonyl (C=O) groups is 1. The summed E-state index contributed by atoms with van der Waals surface area (Å²) in [6.07, 6.45) is 2.14. The van der Waals surface area contributed by atoms with Crippen LogP contribution < -0.4 is 5.73 Å². The monoisotopic (exact) mass is 266 g/mol. The molecule has 0 atom stereocenters. The van der Waals surface area contributed by atoms with Crippen LogP contribution in [0.5, 0.6) is 0 Å². The lowest BCUT2D eigenvalue weighted by Crippen LogP contribution is -2.05. The summed E-state index contributed by atoms with van der Waals surface area (Å²) in [6, 6.07) is 12.8. The lowest BCUT2D eigenvalue weighted by molar-refractivity contribution is 0.103. The molecule has 20 heavy (non-hydrogen) atoms. The Bertz CT molecular complexity index is 762. The highest BCUT2D eigenvalue weighted by atomic mass is 16.3. The molecule has 0 unspecified atom stereocenters. The minimum atomic E-state index is -0.0258. The smallest absolute Gasteiger partial charge is 0.193 e. The topological polar surface area (TPSA) is 69.1 Å². The number of fused-ring (bicyclic) bond motifs is 1. The number of ketones is 1. The van der Waals surface area contributed by atoms with E-state index in [1.807, 2.05) is 24.3 Å². The van der Waals surface area contributed by atoms with Crippen LogP contribution in [0.25, 0.3) is 11.1 Å². The first-order valence-corrected chi connectivity index (χ1v) is 6.45. The number of rotatable bonds is 4. The number of hydrogen-bond acceptors (Lipinski definition) is 4. The van der Waals surface area contributed by atoms with Crippen molar-refractivity contribution < 1.29 is 9.21 Å². The molecule has 0 radical (unpaired) electrons. The number of oxazole rings is 1. The van der Waals surface area contributed by atoms with Crippen molar-refractivity contribution in [2.75, 3.05) is 6.54 Å². The van der Waals surface area contributed by atoms with E-state index in [4.69, 9.17) is 10.2 Å².